The van der Waals surface area contributed by atoms with Crippen molar-refractivity contribution in [1.82, 2.24) is 4.98 Å². The summed E-state index contributed by atoms with van der Waals surface area (Å²) in [5.41, 5.74) is 3.96. The average Bonchev–Trinajstić information content (AvgIpc) is 3.03. The quantitative estimate of drug-likeness (QED) is 0.203. The lowest BCUT2D eigenvalue weighted by atomic mass is 9.77. The van der Waals surface area contributed by atoms with E-state index in [9.17, 15) is 4.39 Å². The van der Waals surface area contributed by atoms with Crippen LogP contribution in [0.3, 0.4) is 0 Å². The van der Waals surface area contributed by atoms with E-state index in [-0.39, 0.29) is 5.82 Å². The molecular weight excluding hydrogens is 509 g/mol. The molecule has 7 rings (SSSR count). The number of fused-ring (bicyclic) bond motifs is 6. The fourth-order valence-corrected chi connectivity index (χ4v) is 6.33. The summed E-state index contributed by atoms with van der Waals surface area (Å²) in [6.07, 6.45) is 9.07. The van der Waals surface area contributed by atoms with Crippen molar-refractivity contribution in [3.05, 3.63) is 126 Å². The summed E-state index contributed by atoms with van der Waals surface area (Å²) in [5, 5.41) is 7.17. The molecule has 0 radical (unpaired) electrons. The highest BCUT2D eigenvalue weighted by Gasteiger charge is 2.23. The van der Waals surface area contributed by atoms with Crippen molar-refractivity contribution in [2.45, 2.75) is 38.0 Å². The van der Waals surface area contributed by atoms with Gasteiger partial charge in [0.15, 0.2) is 0 Å². The highest BCUT2D eigenvalue weighted by atomic mass is 19.1. The molecule has 0 spiro atoms. The van der Waals surface area contributed by atoms with Gasteiger partial charge in [0.25, 0.3) is 0 Å². The van der Waals surface area contributed by atoms with Gasteiger partial charge in [0, 0.05) is 12.4 Å². The van der Waals surface area contributed by atoms with Gasteiger partial charge in [-0.1, -0.05) is 60.7 Å². The summed E-state index contributed by atoms with van der Waals surface area (Å²) in [6, 6.07) is 30.1. The molecule has 1 aliphatic carbocycles. The highest BCUT2D eigenvalue weighted by Crippen LogP contribution is 2.44. The van der Waals surface area contributed by atoms with Crippen LogP contribution in [0, 0.1) is 5.82 Å². The SMILES string of the molecule is COc1cccc2c1c(OC)cc1c3c(ccc12)[C@H](CCc1cccc(F)c1)CCC3.c1ccc2cnccc2c1. The van der Waals surface area contributed by atoms with Crippen molar-refractivity contribution < 1.29 is 13.9 Å². The first-order valence-electron chi connectivity index (χ1n) is 14.3. The summed E-state index contributed by atoms with van der Waals surface area (Å²) in [7, 11) is 3.43. The molecule has 1 aromatic heterocycles. The number of pyridine rings is 1. The first-order chi connectivity index (χ1) is 20.2. The molecule has 0 aliphatic heterocycles. The number of ether oxygens (including phenoxy) is 2. The lowest BCUT2D eigenvalue weighted by molar-refractivity contribution is 0.405. The van der Waals surface area contributed by atoms with Crippen LogP contribution in [0.4, 0.5) is 4.39 Å². The van der Waals surface area contributed by atoms with Crippen molar-refractivity contribution >= 4 is 32.3 Å². The summed E-state index contributed by atoms with van der Waals surface area (Å²) in [4.78, 5) is 4.01. The third-order valence-corrected chi connectivity index (χ3v) is 8.31. The van der Waals surface area contributed by atoms with Crippen LogP contribution in [-0.4, -0.2) is 19.2 Å². The Morgan fingerprint density at radius 2 is 1.61 bits per heavy atom. The van der Waals surface area contributed by atoms with Crippen LogP contribution in [0.1, 0.15) is 41.9 Å². The summed E-state index contributed by atoms with van der Waals surface area (Å²) >= 11 is 0. The number of aryl methyl sites for hydroxylation is 2. The van der Waals surface area contributed by atoms with Gasteiger partial charge in [-0.2, -0.15) is 0 Å². The number of hydrogen-bond acceptors (Lipinski definition) is 3. The van der Waals surface area contributed by atoms with E-state index in [0.29, 0.717) is 5.92 Å². The predicted molar refractivity (Wildman–Crippen MR) is 167 cm³/mol. The summed E-state index contributed by atoms with van der Waals surface area (Å²) in [6.45, 7) is 0. The van der Waals surface area contributed by atoms with Gasteiger partial charge in [-0.05, 0) is 112 Å². The molecule has 0 N–H and O–H groups in total. The van der Waals surface area contributed by atoms with E-state index in [4.69, 9.17) is 9.47 Å². The second kappa shape index (κ2) is 12.0. The zero-order valence-electron chi connectivity index (χ0n) is 23.6. The molecule has 1 heterocycles. The van der Waals surface area contributed by atoms with Gasteiger partial charge in [-0.3, -0.25) is 4.98 Å². The molecule has 3 nitrogen and oxygen atoms in total. The van der Waals surface area contributed by atoms with Crippen molar-refractivity contribution in [3.63, 3.8) is 0 Å². The van der Waals surface area contributed by atoms with Crippen molar-refractivity contribution in [3.8, 4) is 11.5 Å². The minimum atomic E-state index is -0.151. The fourth-order valence-electron chi connectivity index (χ4n) is 6.33. The number of rotatable bonds is 5. The molecule has 0 amide bonds. The third kappa shape index (κ3) is 5.47. The van der Waals surface area contributed by atoms with E-state index in [2.05, 4.69) is 41.4 Å². The second-order valence-corrected chi connectivity index (χ2v) is 10.7. The number of nitrogens with zero attached hydrogens (tertiary/aromatic N) is 1. The standard InChI is InChI=1S/C28H27FO2.C9H7N/c1-30-26-11-5-10-24-23-15-14-21-19(13-12-18-6-3-8-20(29)16-18)7-4-9-22(21)25(23)17-27(31-2)28(24)26;1-2-4-9-7-10-6-5-8(9)3-1/h3,5-6,8,10-11,14-17,19H,4,7,9,12-13H2,1-2H3;1-7H/t19-;/m0./s1. The smallest absolute Gasteiger partial charge is 0.131 e. The average molecular weight is 544 g/mol. The number of aromatic nitrogens is 1. The monoisotopic (exact) mass is 543 g/mol. The van der Waals surface area contributed by atoms with Gasteiger partial charge in [0.2, 0.25) is 0 Å². The van der Waals surface area contributed by atoms with E-state index in [1.807, 2.05) is 48.8 Å². The second-order valence-electron chi connectivity index (χ2n) is 10.7. The molecule has 5 aromatic carbocycles. The molecule has 41 heavy (non-hydrogen) atoms. The molecule has 1 atom stereocenters. The summed E-state index contributed by atoms with van der Waals surface area (Å²) in [5.74, 6) is 2.04. The number of halogens is 1. The lowest BCUT2D eigenvalue weighted by Crippen LogP contribution is -2.11. The van der Waals surface area contributed by atoms with Crippen LogP contribution >= 0.6 is 0 Å². The van der Waals surface area contributed by atoms with E-state index >= 15 is 0 Å². The molecule has 6 aromatic rings. The molecule has 4 heteroatoms. The molecule has 0 saturated heterocycles. The third-order valence-electron chi connectivity index (χ3n) is 8.31. The maximum Gasteiger partial charge on any atom is 0.131 e. The minimum Gasteiger partial charge on any atom is -0.496 e. The number of hydrogen-bond donors (Lipinski definition) is 0. The van der Waals surface area contributed by atoms with Crippen LogP contribution in [0.15, 0.2) is 103 Å². The van der Waals surface area contributed by atoms with Gasteiger partial charge in [-0.15, -0.1) is 0 Å². The van der Waals surface area contributed by atoms with E-state index in [1.54, 1.807) is 26.4 Å². The zero-order chi connectivity index (χ0) is 28.2. The first kappa shape index (κ1) is 26.8. The Bertz CT molecular complexity index is 1760. The Kier molecular flexibility index (Phi) is 7.82. The lowest BCUT2D eigenvalue weighted by Gasteiger charge is -2.27. The van der Waals surface area contributed by atoms with E-state index < -0.39 is 0 Å². The van der Waals surface area contributed by atoms with Gasteiger partial charge in [0.05, 0.1) is 19.6 Å². The molecule has 1 aliphatic rings. The van der Waals surface area contributed by atoms with Crippen LogP contribution in [0.25, 0.3) is 32.3 Å². The fraction of sp³-hybridized carbons (Fsp3) is 0.216. The van der Waals surface area contributed by atoms with Crippen molar-refractivity contribution in [2.75, 3.05) is 14.2 Å². The molecule has 0 saturated carbocycles. The van der Waals surface area contributed by atoms with Crippen molar-refractivity contribution in [1.29, 1.82) is 0 Å². The van der Waals surface area contributed by atoms with Gasteiger partial charge >= 0.3 is 0 Å². The van der Waals surface area contributed by atoms with Crippen LogP contribution in [0.5, 0.6) is 11.5 Å². The van der Waals surface area contributed by atoms with Crippen LogP contribution in [0.2, 0.25) is 0 Å². The Balaban J connectivity index is 0.000000253. The molecule has 0 unspecified atom stereocenters. The van der Waals surface area contributed by atoms with Gasteiger partial charge < -0.3 is 9.47 Å². The Labute approximate surface area is 240 Å². The van der Waals surface area contributed by atoms with Crippen LogP contribution in [-0.2, 0) is 12.8 Å². The summed E-state index contributed by atoms with van der Waals surface area (Å²) < 4.78 is 25.0. The highest BCUT2D eigenvalue weighted by molar-refractivity contribution is 6.13. The normalized spacial score (nSPS) is 14.4. The Hall–Kier alpha value is -4.44. The minimum absolute atomic E-state index is 0.151. The van der Waals surface area contributed by atoms with Crippen LogP contribution < -0.4 is 9.47 Å². The van der Waals surface area contributed by atoms with E-state index in [1.165, 1.54) is 57.0 Å². The topological polar surface area (TPSA) is 31.4 Å². The maximum atomic E-state index is 13.6. The van der Waals surface area contributed by atoms with Crippen molar-refractivity contribution in [2.24, 2.45) is 0 Å². The number of methoxy groups -OCH3 is 2. The van der Waals surface area contributed by atoms with E-state index in [0.717, 1.165) is 41.7 Å². The Morgan fingerprint density at radius 1 is 0.780 bits per heavy atom. The largest absolute Gasteiger partial charge is 0.496 e. The molecule has 0 bridgehead atoms. The Morgan fingerprint density at radius 3 is 2.41 bits per heavy atom. The van der Waals surface area contributed by atoms with Gasteiger partial charge in [-0.25, -0.2) is 4.39 Å². The molecular formula is C37H34FNO2. The van der Waals surface area contributed by atoms with Gasteiger partial charge in [0.1, 0.15) is 17.3 Å². The molecule has 0 fully saturated rings. The first-order valence-corrected chi connectivity index (χ1v) is 14.3. The maximum absolute atomic E-state index is 13.6. The molecule has 206 valence electrons. The number of benzene rings is 5. The zero-order valence-corrected chi connectivity index (χ0v) is 23.6. The predicted octanol–water partition coefficient (Wildman–Crippen LogP) is 9.44.